The predicted octanol–water partition coefficient (Wildman–Crippen LogP) is 6.11. The average Bonchev–Trinajstić information content (AvgIpc) is 3.26. The number of rotatable bonds is 6. The van der Waals surface area contributed by atoms with Crippen LogP contribution in [0.2, 0.25) is 5.02 Å². The number of carbonyl (C=O) groups excluding carboxylic acids is 1. The first kappa shape index (κ1) is 22.1. The number of urea groups is 1. The van der Waals surface area contributed by atoms with Crippen LogP contribution in [0.15, 0.2) is 58.8 Å². The lowest BCUT2D eigenvalue weighted by atomic mass is 9.93. The van der Waals surface area contributed by atoms with Crippen molar-refractivity contribution in [2.45, 2.75) is 40.2 Å². The van der Waals surface area contributed by atoms with Crippen LogP contribution in [0.25, 0.3) is 17.0 Å². The van der Waals surface area contributed by atoms with Crippen molar-refractivity contribution in [2.24, 2.45) is 5.92 Å². The van der Waals surface area contributed by atoms with Crippen molar-refractivity contribution in [1.29, 1.82) is 0 Å². The first-order valence-electron chi connectivity index (χ1n) is 10.8. The smallest absolute Gasteiger partial charge is 0.322 e. The highest BCUT2D eigenvalue weighted by Crippen LogP contribution is 2.37. The standard InChI is InChI=1S/C25H27ClN4O2/c1-5-17-6-8-18(9-7-17)22-21(16(4)30(14-15(2)3)25(31)27-22)24-28-23(29-32-24)19-10-12-20(26)13-11-19/h6-13,15,22H,5,14H2,1-4H3,(H,27,31). The maximum atomic E-state index is 13.0. The van der Waals surface area contributed by atoms with Crippen LogP contribution in [0.4, 0.5) is 4.79 Å². The molecule has 1 aromatic heterocycles. The molecule has 2 amide bonds. The van der Waals surface area contributed by atoms with E-state index in [0.29, 0.717) is 29.2 Å². The van der Waals surface area contributed by atoms with Crippen LogP contribution in [0.5, 0.6) is 0 Å². The number of nitrogens with zero attached hydrogens (tertiary/aromatic N) is 3. The van der Waals surface area contributed by atoms with Gasteiger partial charge >= 0.3 is 6.03 Å². The van der Waals surface area contributed by atoms with Crippen LogP contribution in [0, 0.1) is 5.92 Å². The molecular weight excluding hydrogens is 424 g/mol. The summed E-state index contributed by atoms with van der Waals surface area (Å²) < 4.78 is 5.71. The third-order valence-corrected chi connectivity index (χ3v) is 5.88. The van der Waals surface area contributed by atoms with E-state index in [1.807, 2.05) is 31.2 Å². The van der Waals surface area contributed by atoms with Gasteiger partial charge in [0, 0.05) is 22.8 Å². The van der Waals surface area contributed by atoms with E-state index in [0.717, 1.165) is 28.8 Å². The Hall–Kier alpha value is -3.12. The maximum absolute atomic E-state index is 13.0. The van der Waals surface area contributed by atoms with Gasteiger partial charge in [-0.05, 0) is 54.7 Å². The lowest BCUT2D eigenvalue weighted by Gasteiger charge is -2.36. The van der Waals surface area contributed by atoms with E-state index in [4.69, 9.17) is 16.1 Å². The molecule has 2 heterocycles. The molecule has 1 aliphatic heterocycles. The molecule has 0 radical (unpaired) electrons. The summed E-state index contributed by atoms with van der Waals surface area (Å²) in [6.07, 6.45) is 0.954. The third kappa shape index (κ3) is 4.41. The van der Waals surface area contributed by atoms with Gasteiger partial charge in [-0.3, -0.25) is 4.90 Å². The quantitative estimate of drug-likeness (QED) is 0.492. The molecule has 32 heavy (non-hydrogen) atoms. The number of carbonyl (C=O) groups is 1. The van der Waals surface area contributed by atoms with Gasteiger partial charge in [-0.2, -0.15) is 4.98 Å². The summed E-state index contributed by atoms with van der Waals surface area (Å²) in [7, 11) is 0. The van der Waals surface area contributed by atoms with Crippen LogP contribution in [0.3, 0.4) is 0 Å². The minimum Gasteiger partial charge on any atom is -0.334 e. The maximum Gasteiger partial charge on any atom is 0.322 e. The van der Waals surface area contributed by atoms with Crippen molar-refractivity contribution >= 4 is 23.2 Å². The lowest BCUT2D eigenvalue weighted by molar-refractivity contribution is 0.199. The van der Waals surface area contributed by atoms with Crippen molar-refractivity contribution in [3.63, 3.8) is 0 Å². The van der Waals surface area contributed by atoms with Gasteiger partial charge in [0.25, 0.3) is 5.89 Å². The van der Waals surface area contributed by atoms with Crippen LogP contribution >= 0.6 is 11.6 Å². The van der Waals surface area contributed by atoms with Gasteiger partial charge in [-0.25, -0.2) is 4.79 Å². The van der Waals surface area contributed by atoms with Crippen molar-refractivity contribution < 1.29 is 9.32 Å². The van der Waals surface area contributed by atoms with E-state index in [9.17, 15) is 4.79 Å². The Kier molecular flexibility index (Phi) is 6.33. The molecule has 0 bridgehead atoms. The SMILES string of the molecule is CCc1ccc(C2NC(=O)N(CC(C)C)C(C)=C2c2nc(-c3ccc(Cl)cc3)no2)cc1. The van der Waals surface area contributed by atoms with Gasteiger partial charge in [0.2, 0.25) is 5.82 Å². The van der Waals surface area contributed by atoms with E-state index in [1.54, 1.807) is 17.0 Å². The van der Waals surface area contributed by atoms with Crippen LogP contribution < -0.4 is 5.32 Å². The Morgan fingerprint density at radius 1 is 1.12 bits per heavy atom. The number of aromatic nitrogens is 2. The molecule has 166 valence electrons. The van der Waals surface area contributed by atoms with E-state index in [-0.39, 0.29) is 12.1 Å². The minimum absolute atomic E-state index is 0.123. The number of benzene rings is 2. The number of hydrogen-bond acceptors (Lipinski definition) is 4. The number of aryl methyl sites for hydroxylation is 1. The van der Waals surface area contributed by atoms with Gasteiger partial charge in [0.05, 0.1) is 11.6 Å². The first-order valence-corrected chi connectivity index (χ1v) is 11.2. The zero-order valence-corrected chi connectivity index (χ0v) is 19.5. The zero-order chi connectivity index (χ0) is 22.8. The molecule has 6 nitrogen and oxygen atoms in total. The number of nitrogens with one attached hydrogen (secondary N) is 1. The zero-order valence-electron chi connectivity index (χ0n) is 18.7. The highest BCUT2D eigenvalue weighted by atomic mass is 35.5. The summed E-state index contributed by atoms with van der Waals surface area (Å²) in [5.74, 6) is 1.18. The Morgan fingerprint density at radius 2 is 1.81 bits per heavy atom. The van der Waals surface area contributed by atoms with Gasteiger partial charge in [0.1, 0.15) is 0 Å². The predicted molar refractivity (Wildman–Crippen MR) is 126 cm³/mol. The van der Waals surface area contributed by atoms with Gasteiger partial charge in [-0.15, -0.1) is 0 Å². The molecular formula is C25H27ClN4O2. The molecule has 0 saturated carbocycles. The first-order chi connectivity index (χ1) is 15.4. The van der Waals surface area contributed by atoms with Gasteiger partial charge in [-0.1, -0.05) is 61.8 Å². The Morgan fingerprint density at radius 3 is 2.44 bits per heavy atom. The molecule has 2 aromatic carbocycles. The molecule has 7 heteroatoms. The average molecular weight is 451 g/mol. The highest BCUT2D eigenvalue weighted by Gasteiger charge is 2.35. The van der Waals surface area contributed by atoms with E-state index >= 15 is 0 Å². The second-order valence-corrected chi connectivity index (χ2v) is 8.85. The molecule has 0 saturated heterocycles. The van der Waals surface area contributed by atoms with Crippen molar-refractivity contribution in [3.8, 4) is 11.4 Å². The molecule has 0 fully saturated rings. The molecule has 0 aliphatic carbocycles. The van der Waals surface area contributed by atoms with Crippen molar-refractivity contribution in [1.82, 2.24) is 20.4 Å². The van der Waals surface area contributed by atoms with E-state index in [2.05, 4.69) is 48.4 Å². The number of halogens is 1. The topological polar surface area (TPSA) is 71.3 Å². The van der Waals surface area contributed by atoms with E-state index < -0.39 is 0 Å². The Labute approximate surface area is 193 Å². The normalized spacial score (nSPS) is 16.6. The summed E-state index contributed by atoms with van der Waals surface area (Å²) in [6, 6.07) is 15.1. The van der Waals surface area contributed by atoms with Gasteiger partial charge in [0.15, 0.2) is 0 Å². The van der Waals surface area contributed by atoms with Gasteiger partial charge < -0.3 is 9.84 Å². The number of amides is 2. The number of hydrogen-bond donors (Lipinski definition) is 1. The summed E-state index contributed by atoms with van der Waals surface area (Å²) in [6.45, 7) is 8.83. The molecule has 1 unspecified atom stereocenters. The molecule has 0 spiro atoms. The molecule has 1 atom stereocenters. The fourth-order valence-corrected chi connectivity index (χ4v) is 4.01. The minimum atomic E-state index is -0.379. The fraction of sp³-hybridized carbons (Fsp3) is 0.320. The van der Waals surface area contributed by atoms with Crippen molar-refractivity contribution in [3.05, 3.63) is 76.3 Å². The molecule has 1 aliphatic rings. The fourth-order valence-electron chi connectivity index (χ4n) is 3.89. The second-order valence-electron chi connectivity index (χ2n) is 8.41. The summed E-state index contributed by atoms with van der Waals surface area (Å²) in [5, 5.41) is 7.98. The summed E-state index contributed by atoms with van der Waals surface area (Å²) >= 11 is 6.01. The third-order valence-electron chi connectivity index (χ3n) is 5.62. The van der Waals surface area contributed by atoms with Crippen LogP contribution in [0.1, 0.15) is 50.8 Å². The largest absolute Gasteiger partial charge is 0.334 e. The highest BCUT2D eigenvalue weighted by molar-refractivity contribution is 6.30. The number of allylic oxidation sites excluding steroid dienone is 1. The molecule has 3 aromatic rings. The Bertz CT molecular complexity index is 1130. The second kappa shape index (κ2) is 9.17. The summed E-state index contributed by atoms with van der Waals surface area (Å²) in [5.41, 5.74) is 4.65. The monoisotopic (exact) mass is 450 g/mol. The van der Waals surface area contributed by atoms with E-state index in [1.165, 1.54) is 5.56 Å². The summed E-state index contributed by atoms with van der Waals surface area (Å²) in [4.78, 5) is 19.4. The molecule has 4 rings (SSSR count). The molecule has 1 N–H and O–H groups in total. The van der Waals surface area contributed by atoms with Crippen LogP contribution in [-0.4, -0.2) is 27.6 Å². The lowest BCUT2D eigenvalue weighted by Crippen LogP contribution is -2.47. The van der Waals surface area contributed by atoms with Crippen LogP contribution in [-0.2, 0) is 6.42 Å². The van der Waals surface area contributed by atoms with Crippen molar-refractivity contribution in [2.75, 3.05) is 6.54 Å². The Balaban J connectivity index is 1.79.